The maximum atomic E-state index is 13.0. The van der Waals surface area contributed by atoms with Gasteiger partial charge in [0.1, 0.15) is 17.4 Å². The van der Waals surface area contributed by atoms with Crippen molar-refractivity contribution in [2.24, 2.45) is 7.05 Å². The van der Waals surface area contributed by atoms with E-state index in [-0.39, 0.29) is 17.5 Å². The first kappa shape index (κ1) is 21.2. The Morgan fingerprint density at radius 1 is 1.17 bits per heavy atom. The summed E-state index contributed by atoms with van der Waals surface area (Å²) in [6.07, 6.45) is 0. The van der Waals surface area contributed by atoms with Crippen molar-refractivity contribution in [1.29, 1.82) is 0 Å². The van der Waals surface area contributed by atoms with E-state index >= 15 is 0 Å². The van der Waals surface area contributed by atoms with Crippen molar-refractivity contribution < 1.29 is 13.9 Å². The van der Waals surface area contributed by atoms with Gasteiger partial charge in [-0.05, 0) is 29.8 Å². The summed E-state index contributed by atoms with van der Waals surface area (Å²) in [7, 11) is 3.47. The number of rotatable bonds is 9. The lowest BCUT2D eigenvalue weighted by Crippen LogP contribution is -2.14. The smallest absolute Gasteiger partial charge is 0.234 e. The predicted octanol–water partition coefficient (Wildman–Crippen LogP) is 4.13. The van der Waals surface area contributed by atoms with Gasteiger partial charge in [-0.1, -0.05) is 30.0 Å². The molecule has 9 heteroatoms. The molecule has 0 saturated heterocycles. The molecule has 0 aliphatic heterocycles. The third kappa shape index (κ3) is 6.23. The van der Waals surface area contributed by atoms with E-state index in [9.17, 15) is 9.18 Å². The molecule has 0 radical (unpaired) electrons. The number of benzene rings is 2. The molecule has 2 aromatic carbocycles. The number of thioether (sulfide) groups is 2. The van der Waals surface area contributed by atoms with Crippen molar-refractivity contribution in [3.63, 3.8) is 0 Å². The number of carbonyl (C=O) groups excluding carboxylic acids is 1. The molecule has 0 bridgehead atoms. The van der Waals surface area contributed by atoms with Gasteiger partial charge in [-0.3, -0.25) is 4.79 Å². The summed E-state index contributed by atoms with van der Waals surface area (Å²) >= 11 is 3.01. The highest BCUT2D eigenvalue weighted by molar-refractivity contribution is 7.99. The van der Waals surface area contributed by atoms with Crippen LogP contribution in [0.5, 0.6) is 5.75 Å². The topological polar surface area (TPSA) is 69.0 Å². The number of nitrogens with zero attached hydrogens (tertiary/aromatic N) is 3. The molecule has 3 rings (SSSR count). The van der Waals surface area contributed by atoms with Crippen molar-refractivity contribution in [2.45, 2.75) is 16.7 Å². The van der Waals surface area contributed by atoms with Crippen molar-refractivity contribution in [2.75, 3.05) is 18.2 Å². The minimum Gasteiger partial charge on any atom is -0.497 e. The Bertz CT molecular complexity index is 963. The zero-order valence-corrected chi connectivity index (χ0v) is 17.7. The molecule has 0 fully saturated rings. The van der Waals surface area contributed by atoms with Gasteiger partial charge in [-0.25, -0.2) is 4.39 Å². The van der Waals surface area contributed by atoms with Gasteiger partial charge in [-0.2, -0.15) is 0 Å². The molecule has 0 spiro atoms. The minimum absolute atomic E-state index is 0.126. The van der Waals surface area contributed by atoms with Crippen LogP contribution in [0.2, 0.25) is 0 Å². The lowest BCUT2D eigenvalue weighted by molar-refractivity contribution is -0.113. The lowest BCUT2D eigenvalue weighted by Gasteiger charge is -2.07. The lowest BCUT2D eigenvalue weighted by atomic mass is 10.2. The van der Waals surface area contributed by atoms with Gasteiger partial charge in [0.2, 0.25) is 5.91 Å². The van der Waals surface area contributed by atoms with E-state index in [1.165, 1.54) is 23.9 Å². The number of hydrogen-bond acceptors (Lipinski definition) is 6. The molecule has 1 aromatic heterocycles. The molecule has 0 saturated carbocycles. The Hall–Kier alpha value is -2.52. The van der Waals surface area contributed by atoms with Gasteiger partial charge < -0.3 is 14.6 Å². The number of aromatic nitrogens is 3. The van der Waals surface area contributed by atoms with Crippen LogP contribution in [-0.2, 0) is 23.3 Å². The quantitative estimate of drug-likeness (QED) is 0.513. The molecule has 1 N–H and O–H groups in total. The van der Waals surface area contributed by atoms with E-state index in [0.29, 0.717) is 22.3 Å². The fraction of sp³-hybridized carbons (Fsp3) is 0.250. The van der Waals surface area contributed by atoms with Crippen LogP contribution in [0.25, 0.3) is 0 Å². The van der Waals surface area contributed by atoms with E-state index in [4.69, 9.17) is 4.74 Å². The van der Waals surface area contributed by atoms with E-state index in [0.717, 1.165) is 17.1 Å². The average molecular weight is 433 g/mol. The molecule has 0 unspecified atom stereocenters. The predicted molar refractivity (Wildman–Crippen MR) is 115 cm³/mol. The SMILES string of the molecule is COc1cccc(NC(=O)CSc2nnc(CSCc3ccc(F)cc3)n2C)c1. The number of ether oxygens (including phenoxy) is 1. The van der Waals surface area contributed by atoms with Crippen molar-refractivity contribution >= 4 is 35.1 Å². The number of hydrogen-bond donors (Lipinski definition) is 1. The summed E-state index contributed by atoms with van der Waals surface area (Å²) in [4.78, 5) is 12.2. The van der Waals surface area contributed by atoms with Gasteiger partial charge in [0.05, 0.1) is 18.6 Å². The molecule has 152 valence electrons. The molecule has 1 heterocycles. The average Bonchev–Trinajstić information content (AvgIpc) is 3.07. The third-order valence-electron chi connectivity index (χ3n) is 4.02. The maximum absolute atomic E-state index is 13.0. The molecule has 6 nitrogen and oxygen atoms in total. The Morgan fingerprint density at radius 3 is 2.72 bits per heavy atom. The van der Waals surface area contributed by atoms with Crippen molar-refractivity contribution in [3.8, 4) is 5.75 Å². The van der Waals surface area contributed by atoms with Crippen molar-refractivity contribution in [1.82, 2.24) is 14.8 Å². The Labute approximate surface area is 177 Å². The largest absolute Gasteiger partial charge is 0.497 e. The Kier molecular flexibility index (Phi) is 7.54. The third-order valence-corrected chi connectivity index (χ3v) is 6.04. The standard InChI is InChI=1S/C20H21FN4O2S2/c1-25-18(12-28-11-14-6-8-15(21)9-7-14)23-24-20(25)29-13-19(26)22-16-4-3-5-17(10-16)27-2/h3-10H,11-13H2,1-2H3,(H,22,26). The van der Waals surface area contributed by atoms with Crippen LogP contribution in [0.4, 0.5) is 10.1 Å². The van der Waals surface area contributed by atoms with Crippen LogP contribution < -0.4 is 10.1 Å². The highest BCUT2D eigenvalue weighted by atomic mass is 32.2. The summed E-state index contributed by atoms with van der Waals surface area (Å²) in [5.74, 6) is 2.82. The Balaban J connectivity index is 1.47. The zero-order chi connectivity index (χ0) is 20.6. The Morgan fingerprint density at radius 2 is 1.97 bits per heavy atom. The summed E-state index contributed by atoms with van der Waals surface area (Å²) in [6.45, 7) is 0. The van der Waals surface area contributed by atoms with Crippen LogP contribution >= 0.6 is 23.5 Å². The second kappa shape index (κ2) is 10.3. The first-order valence-corrected chi connectivity index (χ1v) is 11.0. The summed E-state index contributed by atoms with van der Waals surface area (Å²) < 4.78 is 20.0. The fourth-order valence-electron chi connectivity index (χ4n) is 2.47. The fourth-order valence-corrected chi connectivity index (χ4v) is 4.16. The number of nitrogens with one attached hydrogen (secondary N) is 1. The summed E-state index contributed by atoms with van der Waals surface area (Å²) in [6, 6.07) is 13.7. The number of carbonyl (C=O) groups is 1. The first-order chi connectivity index (χ1) is 14.0. The number of amides is 1. The highest BCUT2D eigenvalue weighted by Gasteiger charge is 2.12. The van der Waals surface area contributed by atoms with E-state index in [2.05, 4.69) is 15.5 Å². The second-order valence-electron chi connectivity index (χ2n) is 6.15. The molecule has 3 aromatic rings. The van der Waals surface area contributed by atoms with Crippen LogP contribution in [0, 0.1) is 5.82 Å². The van der Waals surface area contributed by atoms with Crippen LogP contribution in [-0.4, -0.2) is 33.5 Å². The van der Waals surface area contributed by atoms with Gasteiger partial charge >= 0.3 is 0 Å². The normalized spacial score (nSPS) is 10.7. The summed E-state index contributed by atoms with van der Waals surface area (Å²) in [5.41, 5.74) is 1.74. The van der Waals surface area contributed by atoms with Gasteiger partial charge in [0.15, 0.2) is 5.16 Å². The zero-order valence-electron chi connectivity index (χ0n) is 16.1. The second-order valence-corrected chi connectivity index (χ2v) is 8.07. The molecule has 0 aliphatic rings. The molecule has 0 aliphatic carbocycles. The van der Waals surface area contributed by atoms with E-state index < -0.39 is 0 Å². The van der Waals surface area contributed by atoms with Crippen LogP contribution in [0.1, 0.15) is 11.4 Å². The van der Waals surface area contributed by atoms with Crippen molar-refractivity contribution in [3.05, 3.63) is 65.7 Å². The molecule has 1 amide bonds. The van der Waals surface area contributed by atoms with Gasteiger partial charge in [-0.15, -0.1) is 22.0 Å². The maximum Gasteiger partial charge on any atom is 0.234 e. The molecule has 29 heavy (non-hydrogen) atoms. The van der Waals surface area contributed by atoms with Gasteiger partial charge in [0, 0.05) is 24.6 Å². The molecule has 0 atom stereocenters. The van der Waals surface area contributed by atoms with Gasteiger partial charge in [0.25, 0.3) is 0 Å². The van der Waals surface area contributed by atoms with Crippen LogP contribution in [0.15, 0.2) is 53.7 Å². The molecular weight excluding hydrogens is 411 g/mol. The van der Waals surface area contributed by atoms with Crippen LogP contribution in [0.3, 0.4) is 0 Å². The van der Waals surface area contributed by atoms with E-state index in [1.54, 1.807) is 37.1 Å². The monoisotopic (exact) mass is 432 g/mol. The summed E-state index contributed by atoms with van der Waals surface area (Å²) in [5, 5.41) is 11.9. The first-order valence-electron chi connectivity index (χ1n) is 8.82. The minimum atomic E-state index is -0.232. The number of methoxy groups -OCH3 is 1. The molecular formula is C20H21FN4O2S2. The highest BCUT2D eigenvalue weighted by Crippen LogP contribution is 2.22. The number of anilines is 1. The van der Waals surface area contributed by atoms with E-state index in [1.807, 2.05) is 29.8 Å². The number of halogens is 1.